The number of hydrogen-bond donors (Lipinski definition) is 0. The van der Waals surface area contributed by atoms with E-state index in [1.54, 1.807) is 11.8 Å². The normalized spacial score (nSPS) is 21.3. The van der Waals surface area contributed by atoms with Gasteiger partial charge in [-0.25, -0.2) is 0 Å². The molecule has 0 fully saturated rings. The topological polar surface area (TPSA) is 0 Å². The number of alkyl halides is 1. The first-order chi connectivity index (χ1) is 6.20. The van der Waals surface area contributed by atoms with Gasteiger partial charge in [0.05, 0.1) is 15.4 Å². The summed E-state index contributed by atoms with van der Waals surface area (Å²) >= 11 is 19.9. The summed E-state index contributed by atoms with van der Waals surface area (Å²) in [6.07, 6.45) is 0.958. The van der Waals surface area contributed by atoms with Gasteiger partial charge in [-0.2, -0.15) is 0 Å². The van der Waals surface area contributed by atoms with Gasteiger partial charge in [-0.15, -0.1) is 23.4 Å². The molecule has 0 amide bonds. The second kappa shape index (κ2) is 3.90. The van der Waals surface area contributed by atoms with Crippen LogP contribution in [0, 0.1) is 0 Å². The minimum absolute atomic E-state index is 0.0162. The number of thioether (sulfide) groups is 1. The van der Waals surface area contributed by atoms with Gasteiger partial charge in [-0.05, 0) is 24.3 Å². The molecule has 70 valence electrons. The summed E-state index contributed by atoms with van der Waals surface area (Å²) in [7, 11) is 0. The van der Waals surface area contributed by atoms with Gasteiger partial charge < -0.3 is 0 Å². The summed E-state index contributed by atoms with van der Waals surface area (Å²) in [5.41, 5.74) is 1.01. The molecule has 1 atom stereocenters. The minimum Gasteiger partial charge on any atom is -0.126 e. The van der Waals surface area contributed by atoms with Crippen molar-refractivity contribution in [3.8, 4) is 0 Å². The first kappa shape index (κ1) is 9.97. The fourth-order valence-corrected chi connectivity index (χ4v) is 3.62. The molecule has 1 aromatic carbocycles. The molecule has 1 aliphatic heterocycles. The Balaban J connectivity index is 2.58. The molecule has 0 spiro atoms. The highest BCUT2D eigenvalue weighted by atomic mass is 35.5. The molecule has 0 N–H and O–H groups in total. The zero-order valence-electron chi connectivity index (χ0n) is 6.69. The molecule has 2 rings (SSSR count). The fraction of sp³-hybridized carbons (Fsp3) is 0.333. The predicted molar refractivity (Wildman–Crippen MR) is 60.4 cm³/mol. The Labute approximate surface area is 96.6 Å². The number of halogens is 3. The van der Waals surface area contributed by atoms with E-state index in [2.05, 4.69) is 0 Å². The highest BCUT2D eigenvalue weighted by Gasteiger charge is 2.22. The molecule has 0 radical (unpaired) electrons. The van der Waals surface area contributed by atoms with Crippen LogP contribution in [0.3, 0.4) is 0 Å². The first-order valence-corrected chi connectivity index (χ1v) is 6.12. The Morgan fingerprint density at radius 1 is 1.31 bits per heavy atom. The van der Waals surface area contributed by atoms with Crippen LogP contribution in [-0.2, 0) is 0 Å². The maximum atomic E-state index is 6.17. The molecule has 0 saturated heterocycles. The van der Waals surface area contributed by atoms with Gasteiger partial charge in [0.1, 0.15) is 0 Å². The second-order valence-electron chi connectivity index (χ2n) is 2.88. The number of rotatable bonds is 0. The molecule has 0 saturated carbocycles. The average Bonchev–Trinajstić information content (AvgIpc) is 2.12. The Bertz CT molecular complexity index is 338. The largest absolute Gasteiger partial charge is 0.126 e. The molecule has 0 nitrogen and oxygen atoms in total. The predicted octanol–water partition coefficient (Wildman–Crippen LogP) is 4.77. The van der Waals surface area contributed by atoms with Crippen LogP contribution in [0.15, 0.2) is 17.0 Å². The monoisotopic (exact) mass is 252 g/mol. The lowest BCUT2D eigenvalue weighted by molar-refractivity contribution is 0.855. The molecule has 1 aromatic rings. The van der Waals surface area contributed by atoms with Crippen molar-refractivity contribution in [2.75, 3.05) is 5.75 Å². The van der Waals surface area contributed by atoms with E-state index in [0.717, 1.165) is 17.7 Å². The van der Waals surface area contributed by atoms with Crippen molar-refractivity contribution in [1.29, 1.82) is 0 Å². The smallest absolute Gasteiger partial charge is 0.0650 e. The third kappa shape index (κ3) is 1.80. The van der Waals surface area contributed by atoms with Crippen molar-refractivity contribution in [2.45, 2.75) is 16.7 Å². The van der Waals surface area contributed by atoms with Gasteiger partial charge >= 0.3 is 0 Å². The van der Waals surface area contributed by atoms with Crippen LogP contribution in [0.25, 0.3) is 0 Å². The summed E-state index contributed by atoms with van der Waals surface area (Å²) in [5.74, 6) is 1.05. The van der Waals surface area contributed by atoms with Crippen molar-refractivity contribution >= 4 is 46.6 Å². The van der Waals surface area contributed by atoms with Gasteiger partial charge in [0.15, 0.2) is 0 Å². The van der Waals surface area contributed by atoms with E-state index in [1.807, 2.05) is 12.1 Å². The van der Waals surface area contributed by atoms with Crippen molar-refractivity contribution in [3.63, 3.8) is 0 Å². The number of fused-ring (bicyclic) bond motifs is 1. The first-order valence-electron chi connectivity index (χ1n) is 3.95. The maximum absolute atomic E-state index is 6.17. The lowest BCUT2D eigenvalue weighted by Gasteiger charge is -2.21. The SMILES string of the molecule is Clc1ccc2c(c1Cl)C(Cl)CCS2. The van der Waals surface area contributed by atoms with E-state index in [1.165, 1.54) is 4.90 Å². The van der Waals surface area contributed by atoms with E-state index in [9.17, 15) is 0 Å². The number of hydrogen-bond acceptors (Lipinski definition) is 1. The van der Waals surface area contributed by atoms with Crippen LogP contribution in [0.5, 0.6) is 0 Å². The second-order valence-corrected chi connectivity index (χ2v) is 5.33. The maximum Gasteiger partial charge on any atom is 0.0650 e. The van der Waals surface area contributed by atoms with Crippen molar-refractivity contribution in [3.05, 3.63) is 27.7 Å². The van der Waals surface area contributed by atoms with E-state index in [4.69, 9.17) is 34.8 Å². The third-order valence-corrected chi connectivity index (χ3v) is 4.40. The zero-order valence-corrected chi connectivity index (χ0v) is 9.77. The van der Waals surface area contributed by atoms with Crippen LogP contribution in [0.4, 0.5) is 0 Å². The molecule has 1 unspecified atom stereocenters. The molecular weight excluding hydrogens is 247 g/mol. The van der Waals surface area contributed by atoms with Crippen LogP contribution in [0.2, 0.25) is 10.0 Å². The van der Waals surface area contributed by atoms with Gasteiger partial charge in [0, 0.05) is 10.5 Å². The standard InChI is InChI=1S/C9H7Cl3S/c10-5-3-4-13-7-2-1-6(11)9(12)8(5)7/h1-2,5H,3-4H2. The average molecular weight is 254 g/mol. The van der Waals surface area contributed by atoms with E-state index in [-0.39, 0.29) is 5.38 Å². The molecule has 0 aliphatic carbocycles. The van der Waals surface area contributed by atoms with Gasteiger partial charge in [0.2, 0.25) is 0 Å². The quantitative estimate of drug-likeness (QED) is 0.600. The molecule has 13 heavy (non-hydrogen) atoms. The van der Waals surface area contributed by atoms with Crippen LogP contribution < -0.4 is 0 Å². The van der Waals surface area contributed by atoms with Gasteiger partial charge in [-0.3, -0.25) is 0 Å². The summed E-state index contributed by atoms with van der Waals surface area (Å²) < 4.78 is 0. The minimum atomic E-state index is 0.0162. The number of benzene rings is 1. The Kier molecular flexibility index (Phi) is 2.99. The molecule has 0 bridgehead atoms. The molecule has 0 aromatic heterocycles. The summed E-state index contributed by atoms with van der Waals surface area (Å²) in [6.45, 7) is 0. The zero-order chi connectivity index (χ0) is 9.42. The summed E-state index contributed by atoms with van der Waals surface area (Å²) in [4.78, 5) is 1.17. The van der Waals surface area contributed by atoms with Crippen LogP contribution in [-0.4, -0.2) is 5.75 Å². The molecule has 1 aliphatic rings. The van der Waals surface area contributed by atoms with E-state index >= 15 is 0 Å². The van der Waals surface area contributed by atoms with Crippen molar-refractivity contribution in [2.24, 2.45) is 0 Å². The van der Waals surface area contributed by atoms with Crippen molar-refractivity contribution in [1.82, 2.24) is 0 Å². The molecular formula is C9H7Cl3S. The van der Waals surface area contributed by atoms with Gasteiger partial charge in [-0.1, -0.05) is 23.2 Å². The summed E-state index contributed by atoms with van der Waals surface area (Å²) in [6, 6.07) is 3.81. The fourth-order valence-electron chi connectivity index (χ4n) is 1.38. The highest BCUT2D eigenvalue weighted by Crippen LogP contribution is 2.45. The van der Waals surface area contributed by atoms with E-state index in [0.29, 0.717) is 10.0 Å². The Morgan fingerprint density at radius 3 is 2.85 bits per heavy atom. The Hall–Kier alpha value is 0.440. The Morgan fingerprint density at radius 2 is 2.08 bits per heavy atom. The van der Waals surface area contributed by atoms with Crippen molar-refractivity contribution < 1.29 is 0 Å². The van der Waals surface area contributed by atoms with Crippen LogP contribution >= 0.6 is 46.6 Å². The molecule has 4 heteroatoms. The summed E-state index contributed by atoms with van der Waals surface area (Å²) in [5, 5.41) is 1.22. The highest BCUT2D eigenvalue weighted by molar-refractivity contribution is 7.99. The van der Waals surface area contributed by atoms with E-state index < -0.39 is 0 Å². The lowest BCUT2D eigenvalue weighted by atomic mass is 10.1. The third-order valence-electron chi connectivity index (χ3n) is 2.03. The molecule has 1 heterocycles. The lowest BCUT2D eigenvalue weighted by Crippen LogP contribution is -2.02. The van der Waals surface area contributed by atoms with Gasteiger partial charge in [0.25, 0.3) is 0 Å². The van der Waals surface area contributed by atoms with Crippen LogP contribution in [0.1, 0.15) is 17.4 Å².